The van der Waals surface area contributed by atoms with Crippen LogP contribution in [-0.4, -0.2) is 71.1 Å². The number of hydroxylamine groups is 1. The van der Waals surface area contributed by atoms with E-state index in [4.69, 9.17) is 4.74 Å². The van der Waals surface area contributed by atoms with E-state index in [1.165, 1.54) is 43.2 Å². The van der Waals surface area contributed by atoms with Crippen molar-refractivity contribution >= 4 is 24.2 Å². The summed E-state index contributed by atoms with van der Waals surface area (Å²) in [5.41, 5.74) is 0.841. The van der Waals surface area contributed by atoms with Gasteiger partial charge in [-0.25, -0.2) is 9.80 Å². The topological polar surface area (TPSA) is 70.0 Å². The molecule has 0 spiro atoms. The van der Waals surface area contributed by atoms with Crippen molar-refractivity contribution in [3.05, 3.63) is 35.9 Å². The first-order valence-electron chi connectivity index (χ1n) is 11.6. The highest BCUT2D eigenvalue weighted by atomic mass is 19.4. The van der Waals surface area contributed by atoms with Gasteiger partial charge in [0.2, 0.25) is 0 Å². The van der Waals surface area contributed by atoms with E-state index in [0.29, 0.717) is 11.3 Å². The third-order valence-electron chi connectivity index (χ3n) is 6.68. The Labute approximate surface area is 195 Å². The molecule has 8 nitrogen and oxygen atoms in total. The molecule has 182 valence electrons. The number of fused-ring (bicyclic) bond motifs is 1. The molecule has 1 atom stereocenters. The largest absolute Gasteiger partial charge is 0.493 e. The Morgan fingerprint density at radius 1 is 1.00 bits per heavy atom. The summed E-state index contributed by atoms with van der Waals surface area (Å²) in [6.45, 7) is 2.08. The quantitative estimate of drug-likeness (QED) is 0.643. The van der Waals surface area contributed by atoms with E-state index < -0.39 is 18.2 Å². The van der Waals surface area contributed by atoms with Crippen molar-refractivity contribution in [1.82, 2.24) is 15.1 Å². The first-order valence-corrected chi connectivity index (χ1v) is 11.6. The van der Waals surface area contributed by atoms with Crippen LogP contribution in [0.25, 0.3) is 5.70 Å². The predicted octanol–water partition coefficient (Wildman–Crippen LogP) is 3.76. The molecule has 0 aromatic heterocycles. The van der Waals surface area contributed by atoms with Gasteiger partial charge in [-0.2, -0.15) is 18.3 Å². The Bertz CT molecular complexity index is 981. The average molecular weight is 477 g/mol. The summed E-state index contributed by atoms with van der Waals surface area (Å²) in [6, 6.07) is 7.23. The van der Waals surface area contributed by atoms with Crippen LogP contribution in [0.2, 0.25) is 0 Å². The zero-order valence-electron chi connectivity index (χ0n) is 18.5. The molecule has 1 aromatic carbocycles. The van der Waals surface area contributed by atoms with Crippen molar-refractivity contribution in [2.24, 2.45) is 10.2 Å². The maximum atomic E-state index is 12.8. The fourth-order valence-corrected chi connectivity index (χ4v) is 4.93. The first-order chi connectivity index (χ1) is 16.4. The van der Waals surface area contributed by atoms with E-state index in [-0.39, 0.29) is 11.8 Å². The molecule has 2 fully saturated rings. The number of nitrogens with zero attached hydrogens (tertiary/aromatic N) is 5. The van der Waals surface area contributed by atoms with Crippen LogP contribution in [0, 0.1) is 0 Å². The number of carbonyl (C=O) groups is 1. The minimum absolute atomic E-state index is 0.139. The van der Waals surface area contributed by atoms with Crippen LogP contribution < -0.4 is 4.74 Å². The van der Waals surface area contributed by atoms with Crippen molar-refractivity contribution in [1.29, 1.82) is 0 Å². The second-order valence-corrected chi connectivity index (χ2v) is 8.88. The number of carbonyl (C=O) groups excluding carboxylic acids is 1. The van der Waals surface area contributed by atoms with Crippen molar-refractivity contribution < 1.29 is 27.5 Å². The van der Waals surface area contributed by atoms with E-state index in [2.05, 4.69) is 19.9 Å². The molecule has 3 heterocycles. The summed E-state index contributed by atoms with van der Waals surface area (Å²) in [4.78, 5) is 18.7. The van der Waals surface area contributed by atoms with Gasteiger partial charge in [0.15, 0.2) is 0 Å². The molecule has 0 amide bonds. The highest BCUT2D eigenvalue weighted by Crippen LogP contribution is 2.33. The van der Waals surface area contributed by atoms with Crippen LogP contribution in [0.5, 0.6) is 5.75 Å². The zero-order valence-corrected chi connectivity index (χ0v) is 18.5. The van der Waals surface area contributed by atoms with Crippen LogP contribution in [0.15, 0.2) is 40.5 Å². The third kappa shape index (κ3) is 4.75. The smallest absolute Gasteiger partial charge is 0.490 e. The molecule has 4 aliphatic rings. The fourth-order valence-electron chi connectivity index (χ4n) is 4.93. The Morgan fingerprint density at radius 3 is 2.38 bits per heavy atom. The lowest BCUT2D eigenvalue weighted by Crippen LogP contribution is -2.45. The fraction of sp³-hybridized carbons (Fsp3) is 0.522. The highest BCUT2D eigenvalue weighted by molar-refractivity contribution is 5.84. The number of likely N-dealkylation sites (tertiary alicyclic amines) is 1. The van der Waals surface area contributed by atoms with Crippen LogP contribution in [0.1, 0.15) is 44.1 Å². The molecule has 1 saturated heterocycles. The molecular weight excluding hydrogens is 451 g/mol. The molecular formula is C23H26F3N5O3. The molecule has 0 N–H and O–H groups in total. The van der Waals surface area contributed by atoms with Gasteiger partial charge in [-0.15, -0.1) is 10.3 Å². The van der Waals surface area contributed by atoms with E-state index in [1.807, 2.05) is 0 Å². The summed E-state index contributed by atoms with van der Waals surface area (Å²) >= 11 is 0. The number of hydrogen-bond donors (Lipinski definition) is 0. The number of rotatable bonds is 5. The lowest BCUT2D eigenvalue weighted by molar-refractivity contribution is -0.251. The second-order valence-electron chi connectivity index (χ2n) is 8.88. The van der Waals surface area contributed by atoms with Gasteiger partial charge < -0.3 is 14.5 Å². The summed E-state index contributed by atoms with van der Waals surface area (Å²) in [5.74, 6) is -1.62. The van der Waals surface area contributed by atoms with E-state index >= 15 is 0 Å². The third-order valence-corrected chi connectivity index (χ3v) is 6.68. The molecule has 1 aliphatic carbocycles. The van der Waals surface area contributed by atoms with Gasteiger partial charge in [0, 0.05) is 24.7 Å². The van der Waals surface area contributed by atoms with E-state index in [1.54, 1.807) is 30.3 Å². The number of hydrogen-bond acceptors (Lipinski definition) is 8. The van der Waals surface area contributed by atoms with E-state index in [0.717, 1.165) is 37.1 Å². The molecule has 3 aliphatic heterocycles. The average Bonchev–Trinajstić information content (AvgIpc) is 3.49. The van der Waals surface area contributed by atoms with Crippen molar-refractivity contribution in [3.63, 3.8) is 0 Å². The van der Waals surface area contributed by atoms with E-state index in [9.17, 15) is 18.0 Å². The lowest BCUT2D eigenvalue weighted by Gasteiger charge is -2.36. The Balaban J connectivity index is 1.24. The van der Waals surface area contributed by atoms with Crippen molar-refractivity contribution in [2.45, 2.75) is 62.9 Å². The number of benzene rings is 1. The summed E-state index contributed by atoms with van der Waals surface area (Å²) < 4.78 is 44.6. The summed E-state index contributed by atoms with van der Waals surface area (Å²) in [6.07, 6.45) is 6.50. The van der Waals surface area contributed by atoms with Gasteiger partial charge in [0.25, 0.3) is 0 Å². The van der Waals surface area contributed by atoms with Gasteiger partial charge >= 0.3 is 12.1 Å². The molecule has 34 heavy (non-hydrogen) atoms. The predicted molar refractivity (Wildman–Crippen MR) is 118 cm³/mol. The van der Waals surface area contributed by atoms with Gasteiger partial charge in [0.05, 0.1) is 6.21 Å². The molecule has 11 heteroatoms. The number of piperidine rings is 1. The SMILES string of the molecule is O=C(ON1C(c2ccc(OC3CCN(C4CCCC4)CC3)cc2)=CC2C=NN=CN21)C(F)(F)F. The van der Waals surface area contributed by atoms with Gasteiger partial charge in [-0.05, 0) is 56.0 Å². The second kappa shape index (κ2) is 9.28. The van der Waals surface area contributed by atoms with Crippen LogP contribution in [0.4, 0.5) is 13.2 Å². The molecule has 5 rings (SSSR count). The molecule has 1 saturated carbocycles. The van der Waals surface area contributed by atoms with Crippen LogP contribution in [-0.2, 0) is 9.63 Å². The van der Waals surface area contributed by atoms with Gasteiger partial charge in [-0.3, -0.25) is 0 Å². The normalized spacial score (nSPS) is 23.9. The Morgan fingerprint density at radius 2 is 1.71 bits per heavy atom. The van der Waals surface area contributed by atoms with Crippen LogP contribution in [0.3, 0.4) is 0 Å². The molecule has 1 aromatic rings. The number of ether oxygens (including phenoxy) is 1. The Kier molecular flexibility index (Phi) is 6.20. The highest BCUT2D eigenvalue weighted by Gasteiger charge is 2.45. The molecule has 1 unspecified atom stereocenters. The van der Waals surface area contributed by atoms with Crippen molar-refractivity contribution in [3.8, 4) is 5.75 Å². The van der Waals surface area contributed by atoms with Crippen LogP contribution >= 0.6 is 0 Å². The maximum Gasteiger partial charge on any atom is 0.493 e. The summed E-state index contributed by atoms with van der Waals surface area (Å²) in [5, 5.41) is 9.50. The molecule has 0 bridgehead atoms. The van der Waals surface area contributed by atoms with Gasteiger partial charge in [0.1, 0.15) is 29.9 Å². The lowest BCUT2D eigenvalue weighted by atomic mass is 10.0. The van der Waals surface area contributed by atoms with Gasteiger partial charge in [-0.1, -0.05) is 12.8 Å². The molecule has 0 radical (unpaired) electrons. The minimum Gasteiger partial charge on any atom is -0.490 e. The zero-order chi connectivity index (χ0) is 23.7. The number of hydrazine groups is 1. The first kappa shape index (κ1) is 22.7. The summed E-state index contributed by atoms with van der Waals surface area (Å²) in [7, 11) is 0. The van der Waals surface area contributed by atoms with Crippen molar-refractivity contribution in [2.75, 3.05) is 13.1 Å². The number of alkyl halides is 3. The number of halogens is 3. The monoisotopic (exact) mass is 477 g/mol. The standard InChI is InChI=1S/C23H26F3N5O3/c24-23(25,26)22(32)34-31-21(13-18-14-27-28-15-30(18)31)16-5-7-19(8-6-16)33-20-9-11-29(12-10-20)17-3-1-2-4-17/h5-8,13-15,17-18,20H,1-4,9-12H2. The Hall–Kier alpha value is -3.08. The minimum atomic E-state index is -5.13. The maximum absolute atomic E-state index is 12.8.